The molecule has 4 nitrogen and oxygen atoms in total. The quantitative estimate of drug-likeness (QED) is 0.855. The number of carbonyl (C=O) groups excluding carboxylic acids is 1. The third-order valence-corrected chi connectivity index (χ3v) is 5.21. The molecule has 4 heteroatoms. The molecule has 1 N–H and O–H groups in total. The lowest BCUT2D eigenvalue weighted by Crippen LogP contribution is -2.60. The molecule has 0 aromatic carbocycles. The summed E-state index contributed by atoms with van der Waals surface area (Å²) in [6.07, 6.45) is 3.51. The highest BCUT2D eigenvalue weighted by Gasteiger charge is 2.39. The van der Waals surface area contributed by atoms with E-state index < -0.39 is 0 Å². The number of hydrogen-bond acceptors (Lipinski definition) is 3. The Morgan fingerprint density at radius 3 is 2.50 bits per heavy atom. The number of carbonyl (C=O) groups is 1. The molecule has 1 amide bonds. The van der Waals surface area contributed by atoms with E-state index in [0.29, 0.717) is 11.9 Å². The number of amides is 1. The van der Waals surface area contributed by atoms with Gasteiger partial charge >= 0.3 is 0 Å². The third-order valence-electron chi connectivity index (χ3n) is 5.21. The van der Waals surface area contributed by atoms with Crippen molar-refractivity contribution < 1.29 is 4.79 Å². The first kappa shape index (κ1) is 15.8. The second-order valence-corrected chi connectivity index (χ2v) is 7.10. The smallest absolute Gasteiger partial charge is 0.240 e. The number of rotatable bonds is 3. The number of piperazine rings is 1. The molecule has 0 spiro atoms. The molecular weight excluding hydrogens is 250 g/mol. The van der Waals surface area contributed by atoms with E-state index in [-0.39, 0.29) is 11.5 Å². The first-order valence-electron chi connectivity index (χ1n) is 8.22. The Labute approximate surface area is 123 Å². The Bertz CT molecular complexity index is 335. The van der Waals surface area contributed by atoms with E-state index in [0.717, 1.165) is 39.1 Å². The number of hydrogen-bond donors (Lipinski definition) is 1. The largest absolute Gasteiger partial charge is 0.339 e. The SMILES string of the molecule is CCC(C)N1CCN(C(=O)C2NCCCC2(C)C)CC1. The minimum Gasteiger partial charge on any atom is -0.339 e. The molecule has 2 unspecified atom stereocenters. The van der Waals surface area contributed by atoms with Gasteiger partial charge in [0.05, 0.1) is 6.04 Å². The summed E-state index contributed by atoms with van der Waals surface area (Å²) < 4.78 is 0. The molecule has 20 heavy (non-hydrogen) atoms. The van der Waals surface area contributed by atoms with Crippen molar-refractivity contribution in [2.45, 2.75) is 59.0 Å². The van der Waals surface area contributed by atoms with Crippen LogP contribution in [0.15, 0.2) is 0 Å². The van der Waals surface area contributed by atoms with Crippen LogP contribution in [0.1, 0.15) is 47.0 Å². The second-order valence-electron chi connectivity index (χ2n) is 7.10. The molecule has 2 saturated heterocycles. The van der Waals surface area contributed by atoms with Gasteiger partial charge < -0.3 is 10.2 Å². The minimum atomic E-state index is 0.00592. The van der Waals surface area contributed by atoms with Gasteiger partial charge in [0, 0.05) is 32.2 Å². The molecule has 116 valence electrons. The van der Waals surface area contributed by atoms with Crippen LogP contribution in [0.2, 0.25) is 0 Å². The van der Waals surface area contributed by atoms with Crippen molar-refractivity contribution >= 4 is 5.91 Å². The van der Waals surface area contributed by atoms with E-state index >= 15 is 0 Å². The van der Waals surface area contributed by atoms with Crippen molar-refractivity contribution in [3.8, 4) is 0 Å². The topological polar surface area (TPSA) is 35.6 Å². The first-order valence-corrected chi connectivity index (χ1v) is 8.22. The predicted molar refractivity (Wildman–Crippen MR) is 82.7 cm³/mol. The molecule has 0 aromatic heterocycles. The molecule has 0 bridgehead atoms. The monoisotopic (exact) mass is 281 g/mol. The van der Waals surface area contributed by atoms with Crippen LogP contribution >= 0.6 is 0 Å². The zero-order valence-corrected chi connectivity index (χ0v) is 13.6. The van der Waals surface area contributed by atoms with Gasteiger partial charge in [0.1, 0.15) is 0 Å². The molecule has 2 atom stereocenters. The van der Waals surface area contributed by atoms with Crippen molar-refractivity contribution in [3.63, 3.8) is 0 Å². The number of nitrogens with zero attached hydrogens (tertiary/aromatic N) is 2. The molecule has 2 fully saturated rings. The van der Waals surface area contributed by atoms with E-state index in [1.165, 1.54) is 12.8 Å². The summed E-state index contributed by atoms with van der Waals surface area (Å²) in [6, 6.07) is 0.642. The summed E-state index contributed by atoms with van der Waals surface area (Å²) in [4.78, 5) is 17.3. The summed E-state index contributed by atoms with van der Waals surface area (Å²) in [7, 11) is 0. The van der Waals surface area contributed by atoms with Crippen LogP contribution in [0, 0.1) is 5.41 Å². The predicted octanol–water partition coefficient (Wildman–Crippen LogP) is 1.71. The molecule has 0 aliphatic carbocycles. The highest BCUT2D eigenvalue weighted by atomic mass is 16.2. The van der Waals surface area contributed by atoms with Crippen LogP contribution in [0.5, 0.6) is 0 Å². The summed E-state index contributed by atoms with van der Waals surface area (Å²) in [5, 5.41) is 3.45. The van der Waals surface area contributed by atoms with Gasteiger partial charge in [-0.3, -0.25) is 9.69 Å². The number of piperidine rings is 1. The fraction of sp³-hybridized carbons (Fsp3) is 0.938. The lowest BCUT2D eigenvalue weighted by molar-refractivity contribution is -0.139. The van der Waals surface area contributed by atoms with Crippen LogP contribution in [-0.2, 0) is 4.79 Å². The molecule has 2 aliphatic heterocycles. The molecule has 0 aromatic rings. The van der Waals surface area contributed by atoms with Crippen LogP contribution in [0.3, 0.4) is 0 Å². The van der Waals surface area contributed by atoms with Gasteiger partial charge in [0.15, 0.2) is 0 Å². The van der Waals surface area contributed by atoms with Crippen LogP contribution in [0.25, 0.3) is 0 Å². The van der Waals surface area contributed by atoms with Gasteiger partial charge in [0.25, 0.3) is 0 Å². The van der Waals surface area contributed by atoms with Crippen LogP contribution < -0.4 is 5.32 Å². The van der Waals surface area contributed by atoms with Crippen LogP contribution in [-0.4, -0.2) is 60.5 Å². The molecule has 0 saturated carbocycles. The lowest BCUT2D eigenvalue weighted by atomic mass is 9.77. The third kappa shape index (κ3) is 3.34. The maximum Gasteiger partial charge on any atom is 0.240 e. The van der Waals surface area contributed by atoms with Gasteiger partial charge in [-0.25, -0.2) is 0 Å². The van der Waals surface area contributed by atoms with Crippen molar-refractivity contribution in [1.82, 2.24) is 15.1 Å². The van der Waals surface area contributed by atoms with E-state index in [1.807, 2.05) is 0 Å². The summed E-state index contributed by atoms with van der Waals surface area (Å²) in [6.45, 7) is 13.7. The van der Waals surface area contributed by atoms with Crippen molar-refractivity contribution in [2.24, 2.45) is 5.41 Å². The van der Waals surface area contributed by atoms with Gasteiger partial charge in [-0.15, -0.1) is 0 Å². The van der Waals surface area contributed by atoms with Gasteiger partial charge in [0.2, 0.25) is 5.91 Å². The fourth-order valence-electron chi connectivity index (χ4n) is 3.46. The minimum absolute atomic E-state index is 0.00592. The summed E-state index contributed by atoms with van der Waals surface area (Å²) >= 11 is 0. The van der Waals surface area contributed by atoms with Gasteiger partial charge in [-0.05, 0) is 38.1 Å². The first-order chi connectivity index (χ1) is 9.45. The molecule has 2 aliphatic rings. The second kappa shape index (κ2) is 6.44. The Morgan fingerprint density at radius 1 is 1.30 bits per heavy atom. The highest BCUT2D eigenvalue weighted by molar-refractivity contribution is 5.83. The number of nitrogens with one attached hydrogen (secondary N) is 1. The van der Waals surface area contributed by atoms with E-state index in [2.05, 4.69) is 42.8 Å². The molecule has 2 rings (SSSR count). The van der Waals surface area contributed by atoms with Gasteiger partial charge in [-0.1, -0.05) is 20.8 Å². The van der Waals surface area contributed by atoms with Crippen molar-refractivity contribution in [2.75, 3.05) is 32.7 Å². The summed E-state index contributed by atoms with van der Waals surface area (Å²) in [5.41, 5.74) is 0.0865. The van der Waals surface area contributed by atoms with E-state index in [9.17, 15) is 4.79 Å². The average Bonchev–Trinajstić information content (AvgIpc) is 2.45. The highest BCUT2D eigenvalue weighted by Crippen LogP contribution is 2.31. The molecule has 2 heterocycles. The van der Waals surface area contributed by atoms with Gasteiger partial charge in [-0.2, -0.15) is 0 Å². The maximum absolute atomic E-state index is 12.8. The normalized spacial score (nSPS) is 29.2. The Hall–Kier alpha value is -0.610. The molecule has 0 radical (unpaired) electrons. The lowest BCUT2D eigenvalue weighted by Gasteiger charge is -2.43. The van der Waals surface area contributed by atoms with E-state index in [1.54, 1.807) is 0 Å². The Morgan fingerprint density at radius 2 is 1.95 bits per heavy atom. The zero-order valence-electron chi connectivity index (χ0n) is 13.6. The maximum atomic E-state index is 12.8. The summed E-state index contributed by atoms with van der Waals surface area (Å²) in [5.74, 6) is 0.318. The van der Waals surface area contributed by atoms with Crippen LogP contribution in [0.4, 0.5) is 0 Å². The molecular formula is C16H31N3O. The zero-order chi connectivity index (χ0) is 14.8. The standard InChI is InChI=1S/C16H31N3O/c1-5-13(2)18-9-11-19(12-10-18)15(20)14-16(3,4)7-6-8-17-14/h13-14,17H,5-12H2,1-4H3. The van der Waals surface area contributed by atoms with Crippen molar-refractivity contribution in [1.29, 1.82) is 0 Å². The van der Waals surface area contributed by atoms with Crippen molar-refractivity contribution in [3.05, 3.63) is 0 Å². The fourth-order valence-corrected chi connectivity index (χ4v) is 3.46. The Kier molecular flexibility index (Phi) is 5.08. The van der Waals surface area contributed by atoms with E-state index in [4.69, 9.17) is 0 Å². The Balaban J connectivity index is 1.91. The average molecular weight is 281 g/mol.